The molecule has 0 atom stereocenters. The minimum absolute atomic E-state index is 0.275. The maximum Gasteiger partial charge on any atom is 0.272 e. The zero-order chi connectivity index (χ0) is 22.1. The Bertz CT molecular complexity index is 1480. The van der Waals surface area contributed by atoms with Crippen molar-refractivity contribution in [1.29, 1.82) is 0 Å². The molecule has 0 amide bonds. The first-order valence-corrected chi connectivity index (χ1v) is 10.7. The average Bonchev–Trinajstić information content (AvgIpc) is 2.84. The first kappa shape index (κ1) is 20.1. The normalized spacial score (nSPS) is 10.9. The SMILES string of the molecule is COc1ccc(-c2cc3cccnc3nc2-n2nc(-c3ccc(Br)cc3)ccc2=O)cc1. The molecule has 0 fully saturated rings. The van der Waals surface area contributed by atoms with E-state index in [1.54, 1.807) is 19.4 Å². The molecule has 0 unspecified atom stereocenters. The fourth-order valence-electron chi connectivity index (χ4n) is 3.48. The van der Waals surface area contributed by atoms with E-state index < -0.39 is 0 Å². The molecule has 3 aromatic heterocycles. The Morgan fingerprint density at radius 3 is 2.41 bits per heavy atom. The molecule has 0 aliphatic rings. The van der Waals surface area contributed by atoms with Crippen molar-refractivity contribution in [3.8, 4) is 34.0 Å². The van der Waals surface area contributed by atoms with Gasteiger partial charge in [0.25, 0.3) is 5.56 Å². The topological polar surface area (TPSA) is 69.9 Å². The fourth-order valence-corrected chi connectivity index (χ4v) is 3.74. The van der Waals surface area contributed by atoms with Gasteiger partial charge >= 0.3 is 0 Å². The number of fused-ring (bicyclic) bond motifs is 1. The number of benzene rings is 2. The average molecular weight is 485 g/mol. The van der Waals surface area contributed by atoms with Crippen LogP contribution in [0, 0.1) is 0 Å². The van der Waals surface area contributed by atoms with Crippen molar-refractivity contribution in [2.75, 3.05) is 7.11 Å². The third-order valence-electron chi connectivity index (χ3n) is 5.11. The van der Waals surface area contributed by atoms with Crippen LogP contribution in [0.25, 0.3) is 39.2 Å². The Labute approximate surface area is 192 Å². The van der Waals surface area contributed by atoms with Gasteiger partial charge in [-0.25, -0.2) is 9.97 Å². The minimum atomic E-state index is -0.275. The van der Waals surface area contributed by atoms with Crippen LogP contribution in [0.3, 0.4) is 0 Å². The molecule has 6 nitrogen and oxygen atoms in total. The van der Waals surface area contributed by atoms with E-state index in [0.717, 1.165) is 32.3 Å². The van der Waals surface area contributed by atoms with E-state index in [0.29, 0.717) is 17.2 Å². The van der Waals surface area contributed by atoms with E-state index in [9.17, 15) is 4.79 Å². The highest BCUT2D eigenvalue weighted by Gasteiger charge is 2.15. The largest absolute Gasteiger partial charge is 0.497 e. The predicted octanol–water partition coefficient (Wildman–Crippen LogP) is 5.28. The lowest BCUT2D eigenvalue weighted by molar-refractivity contribution is 0.415. The van der Waals surface area contributed by atoms with Crippen molar-refractivity contribution >= 4 is 27.0 Å². The molecule has 32 heavy (non-hydrogen) atoms. The van der Waals surface area contributed by atoms with Gasteiger partial charge in [0.2, 0.25) is 0 Å². The molecular formula is C25H17BrN4O2. The van der Waals surface area contributed by atoms with E-state index in [-0.39, 0.29) is 5.56 Å². The van der Waals surface area contributed by atoms with Crippen LogP contribution in [0.1, 0.15) is 0 Å². The molecule has 156 valence electrons. The molecule has 3 heterocycles. The lowest BCUT2D eigenvalue weighted by Gasteiger charge is -2.13. The smallest absolute Gasteiger partial charge is 0.272 e. The van der Waals surface area contributed by atoms with Gasteiger partial charge in [-0.2, -0.15) is 9.78 Å². The number of aromatic nitrogens is 4. The molecule has 2 aromatic carbocycles. The fraction of sp³-hybridized carbons (Fsp3) is 0.0400. The highest BCUT2D eigenvalue weighted by molar-refractivity contribution is 9.10. The molecule has 5 aromatic rings. The molecule has 0 spiro atoms. The number of rotatable bonds is 4. The van der Waals surface area contributed by atoms with E-state index in [1.165, 1.54) is 10.7 Å². The van der Waals surface area contributed by atoms with Crippen molar-refractivity contribution in [2.45, 2.75) is 0 Å². The number of nitrogens with zero attached hydrogens (tertiary/aromatic N) is 4. The second-order valence-corrected chi connectivity index (χ2v) is 8.03. The molecule has 0 aliphatic carbocycles. The van der Waals surface area contributed by atoms with Gasteiger partial charge in [0.15, 0.2) is 11.5 Å². The van der Waals surface area contributed by atoms with Gasteiger partial charge in [0.1, 0.15) is 5.75 Å². The van der Waals surface area contributed by atoms with Crippen LogP contribution in [-0.4, -0.2) is 26.9 Å². The van der Waals surface area contributed by atoms with Gasteiger partial charge in [0, 0.05) is 33.2 Å². The Morgan fingerprint density at radius 1 is 0.906 bits per heavy atom. The zero-order valence-electron chi connectivity index (χ0n) is 17.1. The van der Waals surface area contributed by atoms with Crippen LogP contribution < -0.4 is 10.3 Å². The number of pyridine rings is 2. The Hall–Kier alpha value is -3.84. The summed E-state index contributed by atoms with van der Waals surface area (Å²) in [5, 5.41) is 5.52. The molecule has 0 bridgehead atoms. The first-order valence-electron chi connectivity index (χ1n) is 9.89. The summed E-state index contributed by atoms with van der Waals surface area (Å²) in [6.07, 6.45) is 1.68. The van der Waals surface area contributed by atoms with Gasteiger partial charge in [-0.05, 0) is 54.1 Å². The van der Waals surface area contributed by atoms with Crippen LogP contribution in [-0.2, 0) is 0 Å². The summed E-state index contributed by atoms with van der Waals surface area (Å²) in [5.74, 6) is 1.17. The summed E-state index contributed by atoms with van der Waals surface area (Å²) >= 11 is 3.45. The molecular weight excluding hydrogens is 468 g/mol. The van der Waals surface area contributed by atoms with E-state index >= 15 is 0 Å². The van der Waals surface area contributed by atoms with Gasteiger partial charge < -0.3 is 4.74 Å². The van der Waals surface area contributed by atoms with Crippen molar-refractivity contribution in [2.24, 2.45) is 0 Å². The van der Waals surface area contributed by atoms with Crippen molar-refractivity contribution in [3.63, 3.8) is 0 Å². The summed E-state index contributed by atoms with van der Waals surface area (Å²) in [4.78, 5) is 22.0. The highest BCUT2D eigenvalue weighted by atomic mass is 79.9. The quantitative estimate of drug-likeness (QED) is 0.347. The van der Waals surface area contributed by atoms with E-state index in [1.807, 2.05) is 66.7 Å². The predicted molar refractivity (Wildman–Crippen MR) is 128 cm³/mol. The van der Waals surface area contributed by atoms with E-state index in [4.69, 9.17) is 9.72 Å². The van der Waals surface area contributed by atoms with Crippen LogP contribution >= 0.6 is 15.9 Å². The van der Waals surface area contributed by atoms with Gasteiger partial charge in [-0.15, -0.1) is 0 Å². The second kappa shape index (κ2) is 8.36. The van der Waals surface area contributed by atoms with Crippen LogP contribution in [0.5, 0.6) is 5.75 Å². The summed E-state index contributed by atoms with van der Waals surface area (Å²) in [6.45, 7) is 0. The van der Waals surface area contributed by atoms with Gasteiger partial charge in [-0.3, -0.25) is 4.79 Å². The van der Waals surface area contributed by atoms with Crippen molar-refractivity contribution in [1.82, 2.24) is 19.7 Å². The number of halogens is 1. The molecule has 0 aliphatic heterocycles. The Kier molecular flexibility index (Phi) is 5.25. The number of hydrogen-bond acceptors (Lipinski definition) is 5. The van der Waals surface area contributed by atoms with Gasteiger partial charge in [0.05, 0.1) is 12.8 Å². The lowest BCUT2D eigenvalue weighted by Crippen LogP contribution is -2.22. The van der Waals surface area contributed by atoms with Crippen LogP contribution in [0.4, 0.5) is 0 Å². The molecule has 5 rings (SSSR count). The summed E-state index contributed by atoms with van der Waals surface area (Å²) < 4.78 is 7.60. The number of ether oxygens (including phenoxy) is 1. The third-order valence-corrected chi connectivity index (χ3v) is 5.64. The number of hydrogen-bond donors (Lipinski definition) is 0. The summed E-state index contributed by atoms with van der Waals surface area (Å²) in [5.41, 5.74) is 3.50. The Morgan fingerprint density at radius 2 is 1.66 bits per heavy atom. The second-order valence-electron chi connectivity index (χ2n) is 7.11. The lowest BCUT2D eigenvalue weighted by atomic mass is 10.0. The summed E-state index contributed by atoms with van der Waals surface area (Å²) in [7, 11) is 1.63. The van der Waals surface area contributed by atoms with Crippen molar-refractivity contribution in [3.05, 3.63) is 99.9 Å². The van der Waals surface area contributed by atoms with Crippen LogP contribution in [0.15, 0.2) is 94.3 Å². The molecule has 0 radical (unpaired) electrons. The maximum absolute atomic E-state index is 12.9. The van der Waals surface area contributed by atoms with Crippen LogP contribution in [0.2, 0.25) is 0 Å². The van der Waals surface area contributed by atoms with Gasteiger partial charge in [-0.1, -0.05) is 40.2 Å². The highest BCUT2D eigenvalue weighted by Crippen LogP contribution is 2.29. The Balaban J connectivity index is 1.75. The first-order chi connectivity index (χ1) is 15.6. The van der Waals surface area contributed by atoms with E-state index in [2.05, 4.69) is 26.0 Å². The molecule has 0 N–H and O–H groups in total. The minimum Gasteiger partial charge on any atom is -0.497 e. The molecule has 0 saturated heterocycles. The monoisotopic (exact) mass is 484 g/mol. The standard InChI is InChI=1S/C25H17BrN4O2/c1-32-20-10-6-16(7-11-20)21-15-18-3-2-14-27-24(18)28-25(21)30-23(31)13-12-22(29-30)17-4-8-19(26)9-5-17/h2-15H,1H3. The summed E-state index contributed by atoms with van der Waals surface area (Å²) in [6, 6.07) is 24.4. The molecule has 7 heteroatoms. The molecule has 0 saturated carbocycles. The third kappa shape index (κ3) is 3.78. The maximum atomic E-state index is 12.9. The van der Waals surface area contributed by atoms with Crippen molar-refractivity contribution < 1.29 is 4.74 Å². The zero-order valence-corrected chi connectivity index (χ0v) is 18.7. The number of methoxy groups -OCH3 is 1.